The Labute approximate surface area is 238 Å². The summed E-state index contributed by atoms with van der Waals surface area (Å²) in [6.07, 6.45) is 2.17. The van der Waals surface area contributed by atoms with Gasteiger partial charge < -0.3 is 19.9 Å². The highest BCUT2D eigenvalue weighted by Crippen LogP contribution is 2.37. The number of nitrogens with zero attached hydrogens (tertiary/aromatic N) is 1. The lowest BCUT2D eigenvalue weighted by Crippen LogP contribution is -2.47. The molecule has 2 fully saturated rings. The van der Waals surface area contributed by atoms with Crippen molar-refractivity contribution >= 4 is 20.0 Å². The van der Waals surface area contributed by atoms with Crippen molar-refractivity contribution in [2.75, 3.05) is 39.9 Å². The molecule has 0 aliphatic carbocycles. The topological polar surface area (TPSA) is 134 Å². The molecule has 4 rings (SSSR count). The highest BCUT2D eigenvalue weighted by atomic mass is 32.2. The van der Waals surface area contributed by atoms with Gasteiger partial charge in [0.1, 0.15) is 18.5 Å². The Bertz CT molecular complexity index is 1340. The van der Waals surface area contributed by atoms with E-state index in [2.05, 4.69) is 23.9 Å². The Morgan fingerprint density at radius 1 is 1.10 bits per heavy atom. The van der Waals surface area contributed by atoms with Crippen molar-refractivity contribution in [2.45, 2.75) is 73.0 Å². The number of benzene rings is 2. The highest BCUT2D eigenvalue weighted by molar-refractivity contribution is 7.89. The lowest BCUT2D eigenvalue weighted by Gasteiger charge is -2.38. The van der Waals surface area contributed by atoms with Gasteiger partial charge in [-0.3, -0.25) is 0 Å². The maximum absolute atomic E-state index is 13.2. The normalized spacial score (nSPS) is 21.4. The summed E-state index contributed by atoms with van der Waals surface area (Å²) >= 11 is 0. The molecule has 0 saturated carbocycles. The third kappa shape index (κ3) is 7.22. The van der Waals surface area contributed by atoms with Gasteiger partial charge in [-0.05, 0) is 68.5 Å². The van der Waals surface area contributed by atoms with Gasteiger partial charge in [0.15, 0.2) is 0 Å². The SMILES string of the molecule is CCC(C)c1ccc(S(=O)(=O)N2CCC3(CC2)CC(NC[C@H](O)COc2cccc(S(=O)(=O)NC)c2)CO3)cc1. The van der Waals surface area contributed by atoms with Crippen molar-refractivity contribution in [3.05, 3.63) is 54.1 Å². The first kappa shape index (κ1) is 30.9. The van der Waals surface area contributed by atoms with E-state index in [1.807, 2.05) is 12.1 Å². The molecule has 2 aromatic rings. The fourth-order valence-corrected chi connectivity index (χ4v) is 7.42. The van der Waals surface area contributed by atoms with Gasteiger partial charge in [0.2, 0.25) is 20.0 Å². The average molecular weight is 596 g/mol. The maximum Gasteiger partial charge on any atom is 0.243 e. The standard InChI is InChI=1S/C28H41N3O7S2/c1-4-21(2)22-8-10-26(11-9-22)40(35,36)31-14-12-28(13-15-31)17-23(19-38-28)30-18-24(32)20-37-25-6-5-7-27(16-25)39(33,34)29-3/h5-11,16,21,23-24,29-30,32H,4,12-15,17-20H2,1-3H3/t21?,23?,24-/m0/s1. The van der Waals surface area contributed by atoms with Crippen molar-refractivity contribution in [3.8, 4) is 5.75 Å². The van der Waals surface area contributed by atoms with Gasteiger partial charge in [-0.15, -0.1) is 0 Å². The van der Waals surface area contributed by atoms with Crippen LogP contribution >= 0.6 is 0 Å². The number of ether oxygens (including phenoxy) is 2. The number of nitrogens with one attached hydrogen (secondary N) is 2. The molecule has 2 heterocycles. The number of aliphatic hydroxyl groups excluding tert-OH is 1. The van der Waals surface area contributed by atoms with Crippen LogP contribution < -0.4 is 14.8 Å². The summed E-state index contributed by atoms with van der Waals surface area (Å²) in [5.74, 6) is 0.745. The van der Waals surface area contributed by atoms with E-state index in [-0.39, 0.29) is 29.7 Å². The second kappa shape index (κ2) is 12.8. The Morgan fingerprint density at radius 2 is 1.80 bits per heavy atom. The molecule has 10 nitrogen and oxygen atoms in total. The van der Waals surface area contributed by atoms with Crippen molar-refractivity contribution in [1.29, 1.82) is 0 Å². The van der Waals surface area contributed by atoms with Crippen LogP contribution in [0.2, 0.25) is 0 Å². The van der Waals surface area contributed by atoms with Gasteiger partial charge in [0.05, 0.1) is 22.0 Å². The first-order valence-corrected chi connectivity index (χ1v) is 16.7. The van der Waals surface area contributed by atoms with Crippen LogP contribution in [0.5, 0.6) is 5.75 Å². The number of hydrogen-bond donors (Lipinski definition) is 3. The minimum Gasteiger partial charge on any atom is -0.491 e. The summed E-state index contributed by atoms with van der Waals surface area (Å²) in [4.78, 5) is 0.417. The number of hydrogen-bond acceptors (Lipinski definition) is 8. The highest BCUT2D eigenvalue weighted by Gasteiger charge is 2.44. The number of aliphatic hydroxyl groups is 1. The largest absolute Gasteiger partial charge is 0.491 e. The molecule has 222 valence electrons. The van der Waals surface area contributed by atoms with Crippen LogP contribution in [0, 0.1) is 0 Å². The molecular weight excluding hydrogens is 554 g/mol. The van der Waals surface area contributed by atoms with Gasteiger partial charge in [-0.2, -0.15) is 4.31 Å². The van der Waals surface area contributed by atoms with E-state index >= 15 is 0 Å². The Kier molecular flexibility index (Phi) is 9.92. The van der Waals surface area contributed by atoms with Crippen molar-refractivity contribution in [3.63, 3.8) is 0 Å². The van der Waals surface area contributed by atoms with Crippen LogP contribution in [0.3, 0.4) is 0 Å². The zero-order valence-corrected chi connectivity index (χ0v) is 25.0. The summed E-state index contributed by atoms with van der Waals surface area (Å²) in [6.45, 7) is 5.83. The van der Waals surface area contributed by atoms with Gasteiger partial charge in [0, 0.05) is 31.7 Å². The molecule has 0 aromatic heterocycles. The third-order valence-electron chi connectivity index (χ3n) is 8.01. The summed E-state index contributed by atoms with van der Waals surface area (Å²) in [5.41, 5.74) is 0.771. The maximum atomic E-state index is 13.2. The van der Waals surface area contributed by atoms with Crippen LogP contribution in [0.1, 0.15) is 51.0 Å². The average Bonchev–Trinajstić information content (AvgIpc) is 3.36. The fourth-order valence-electron chi connectivity index (χ4n) is 5.21. The van der Waals surface area contributed by atoms with E-state index in [1.54, 1.807) is 28.6 Å². The summed E-state index contributed by atoms with van der Waals surface area (Å²) < 4.78 is 66.0. The van der Waals surface area contributed by atoms with Crippen molar-refractivity contribution in [2.24, 2.45) is 0 Å². The minimum atomic E-state index is -3.58. The fraction of sp³-hybridized carbons (Fsp3) is 0.571. The molecular formula is C28H41N3O7S2. The molecule has 12 heteroatoms. The molecule has 2 unspecified atom stereocenters. The molecule has 0 bridgehead atoms. The van der Waals surface area contributed by atoms with Gasteiger partial charge in [-0.25, -0.2) is 21.6 Å². The second-order valence-corrected chi connectivity index (χ2v) is 14.6. The van der Waals surface area contributed by atoms with E-state index in [9.17, 15) is 21.9 Å². The smallest absolute Gasteiger partial charge is 0.243 e. The van der Waals surface area contributed by atoms with E-state index in [1.165, 1.54) is 19.2 Å². The minimum absolute atomic E-state index is 0.0000694. The molecule has 0 radical (unpaired) electrons. The van der Waals surface area contributed by atoms with Gasteiger partial charge in [0.25, 0.3) is 0 Å². The van der Waals surface area contributed by atoms with Crippen LogP contribution in [-0.2, 0) is 24.8 Å². The van der Waals surface area contributed by atoms with Crippen molar-refractivity contribution in [1.82, 2.24) is 14.3 Å². The zero-order valence-electron chi connectivity index (χ0n) is 23.4. The number of piperidine rings is 1. The molecule has 1 spiro atoms. The number of rotatable bonds is 12. The first-order chi connectivity index (χ1) is 19.0. The molecule has 2 saturated heterocycles. The first-order valence-electron chi connectivity index (χ1n) is 13.8. The number of sulfonamides is 2. The Balaban J connectivity index is 1.23. The van der Waals surface area contributed by atoms with Crippen molar-refractivity contribution < 1.29 is 31.4 Å². The molecule has 3 N–H and O–H groups in total. The third-order valence-corrected chi connectivity index (χ3v) is 11.3. The Morgan fingerprint density at radius 3 is 2.45 bits per heavy atom. The van der Waals surface area contributed by atoms with Gasteiger partial charge >= 0.3 is 0 Å². The predicted molar refractivity (Wildman–Crippen MR) is 152 cm³/mol. The summed E-state index contributed by atoms with van der Waals surface area (Å²) in [6, 6.07) is 13.4. The molecule has 2 aliphatic rings. The molecule has 0 amide bonds. The van der Waals surface area contributed by atoms with Crippen LogP contribution in [0.4, 0.5) is 0 Å². The summed E-state index contributed by atoms with van der Waals surface area (Å²) in [7, 11) is -5.80. The van der Waals surface area contributed by atoms with Crippen LogP contribution in [-0.4, -0.2) is 83.9 Å². The Hall–Kier alpha value is -2.06. The second-order valence-electron chi connectivity index (χ2n) is 10.7. The quantitative estimate of drug-likeness (QED) is 0.341. The van der Waals surface area contributed by atoms with E-state index in [0.717, 1.165) is 18.4 Å². The predicted octanol–water partition coefficient (Wildman–Crippen LogP) is 2.45. The monoisotopic (exact) mass is 595 g/mol. The van der Waals surface area contributed by atoms with Crippen LogP contribution in [0.25, 0.3) is 0 Å². The van der Waals surface area contributed by atoms with Gasteiger partial charge in [-0.1, -0.05) is 32.0 Å². The summed E-state index contributed by atoms with van der Waals surface area (Å²) in [5, 5.41) is 13.7. The molecule has 40 heavy (non-hydrogen) atoms. The molecule has 3 atom stereocenters. The van der Waals surface area contributed by atoms with E-state index < -0.39 is 26.2 Å². The molecule has 2 aliphatic heterocycles. The lowest BCUT2D eigenvalue weighted by molar-refractivity contribution is -0.0312. The van der Waals surface area contributed by atoms with Crippen LogP contribution in [0.15, 0.2) is 58.3 Å². The van der Waals surface area contributed by atoms with E-state index in [4.69, 9.17) is 9.47 Å². The zero-order chi connectivity index (χ0) is 29.0. The molecule has 2 aromatic carbocycles. The van der Waals surface area contributed by atoms with E-state index in [0.29, 0.717) is 49.1 Å². The lowest BCUT2D eigenvalue weighted by atomic mass is 9.88.